The Morgan fingerprint density at radius 3 is 1.50 bits per heavy atom. The maximum absolute atomic E-state index is 2.16. The molecule has 2 heteroatoms. The summed E-state index contributed by atoms with van der Waals surface area (Å²) in [5, 5.41) is 0. The Morgan fingerprint density at radius 1 is 1.33 bits per heavy atom. The molecule has 0 spiro atoms. The summed E-state index contributed by atoms with van der Waals surface area (Å²) in [4.78, 5) is 1.50. The molecule has 0 aromatic heterocycles. The predicted molar refractivity (Wildman–Crippen MR) is 23.4 cm³/mol. The Bertz CT molecular complexity index is 21.5. The van der Waals surface area contributed by atoms with Gasteiger partial charge >= 0.3 is 58.2 Å². The molecule has 0 amide bonds. The molecule has 0 saturated carbocycles. The average molecular weight is 160 g/mol. The number of hydrogen-bond acceptors (Lipinski definition) is 0. The van der Waals surface area contributed by atoms with Crippen molar-refractivity contribution in [1.29, 1.82) is 0 Å². The third-order valence-electron chi connectivity index (χ3n) is 0.707. The van der Waals surface area contributed by atoms with Gasteiger partial charge in [0.2, 0.25) is 0 Å². The monoisotopic (exact) mass is 159 g/mol. The summed E-state index contributed by atoms with van der Waals surface area (Å²) >= 11 is 0. The van der Waals surface area contributed by atoms with Crippen LogP contribution in [0.5, 0.6) is 0 Å². The molecule has 6 heavy (non-hydrogen) atoms. The topological polar surface area (TPSA) is 4.44 Å². The molecule has 0 aromatic carbocycles. The molecule has 0 unspecified atom stereocenters. The molecule has 1 N–H and O–H groups in total. The summed E-state index contributed by atoms with van der Waals surface area (Å²) in [6.07, 6.45) is 0. The molecule has 0 aliphatic heterocycles. The van der Waals surface area contributed by atoms with Crippen molar-refractivity contribution in [3.8, 4) is 0 Å². The molecule has 0 aliphatic rings. The maximum Gasteiger partial charge on any atom is 1.00 e. The van der Waals surface area contributed by atoms with Crippen molar-refractivity contribution in [1.82, 2.24) is 0 Å². The van der Waals surface area contributed by atoms with Crippen molar-refractivity contribution >= 4 is 0 Å². The van der Waals surface area contributed by atoms with E-state index in [0.717, 1.165) is 0 Å². The fourth-order valence-corrected chi connectivity index (χ4v) is 0. The van der Waals surface area contributed by atoms with Gasteiger partial charge in [-0.25, -0.2) is 0 Å². The van der Waals surface area contributed by atoms with Crippen molar-refractivity contribution in [2.45, 2.75) is 6.92 Å². The van der Waals surface area contributed by atoms with Crippen LogP contribution >= 0.6 is 0 Å². The zero-order valence-corrected chi connectivity index (χ0v) is 10.1. The zero-order valence-electron chi connectivity index (χ0n) is 5.21. The molecule has 0 aliphatic carbocycles. The molecular formula is C4H12NRb+2. The van der Waals surface area contributed by atoms with Crippen LogP contribution in [-0.2, 0) is 0 Å². The van der Waals surface area contributed by atoms with E-state index in [-0.39, 0.29) is 58.2 Å². The van der Waals surface area contributed by atoms with Gasteiger partial charge in [0.15, 0.2) is 0 Å². The van der Waals surface area contributed by atoms with Gasteiger partial charge in [-0.15, -0.1) is 0 Å². The van der Waals surface area contributed by atoms with Gasteiger partial charge < -0.3 is 4.90 Å². The average Bonchev–Trinajstić information content (AvgIpc) is 1.38. The van der Waals surface area contributed by atoms with Crippen LogP contribution in [0.1, 0.15) is 6.92 Å². The fraction of sp³-hybridized carbons (Fsp3) is 1.00. The van der Waals surface area contributed by atoms with Gasteiger partial charge in [-0.1, -0.05) is 0 Å². The van der Waals surface area contributed by atoms with Crippen LogP contribution in [0.15, 0.2) is 0 Å². The third kappa shape index (κ3) is 9.23. The Labute approximate surface area is 88.9 Å². The second kappa shape index (κ2) is 6.77. The Hall–Kier alpha value is 1.77. The summed E-state index contributed by atoms with van der Waals surface area (Å²) in [6.45, 7) is 3.38. The van der Waals surface area contributed by atoms with Gasteiger partial charge in [-0.3, -0.25) is 0 Å². The largest absolute Gasteiger partial charge is 1.00 e. The number of quaternary nitrogens is 1. The van der Waals surface area contributed by atoms with Crippen LogP contribution in [0.25, 0.3) is 0 Å². The molecule has 0 rings (SSSR count). The van der Waals surface area contributed by atoms with Gasteiger partial charge in [0.1, 0.15) is 0 Å². The first-order valence-electron chi connectivity index (χ1n) is 2.06. The van der Waals surface area contributed by atoms with Gasteiger partial charge in [0.05, 0.1) is 20.6 Å². The SMILES string of the molecule is CC[NH+](C)C.[Rb+]. The molecule has 32 valence electrons. The maximum atomic E-state index is 2.16. The summed E-state index contributed by atoms with van der Waals surface area (Å²) in [5.74, 6) is 0. The minimum Gasteiger partial charge on any atom is -0.340 e. The van der Waals surface area contributed by atoms with E-state index in [1.54, 1.807) is 0 Å². The smallest absolute Gasteiger partial charge is 0.340 e. The molecule has 1 nitrogen and oxygen atoms in total. The predicted octanol–water partition coefficient (Wildman–Crippen LogP) is -3.85. The van der Waals surface area contributed by atoms with E-state index >= 15 is 0 Å². The Morgan fingerprint density at radius 2 is 1.50 bits per heavy atom. The minimum absolute atomic E-state index is 0. The van der Waals surface area contributed by atoms with Gasteiger partial charge in [0, 0.05) is 0 Å². The summed E-state index contributed by atoms with van der Waals surface area (Å²) in [5.41, 5.74) is 0. The van der Waals surface area contributed by atoms with E-state index in [1.807, 2.05) is 0 Å². The number of nitrogens with one attached hydrogen (secondary N) is 1. The van der Waals surface area contributed by atoms with E-state index < -0.39 is 0 Å². The number of rotatable bonds is 1. The van der Waals surface area contributed by atoms with E-state index in [9.17, 15) is 0 Å². The first-order valence-corrected chi connectivity index (χ1v) is 2.06. The number of hydrogen-bond donors (Lipinski definition) is 1. The van der Waals surface area contributed by atoms with E-state index in [4.69, 9.17) is 0 Å². The van der Waals surface area contributed by atoms with Gasteiger partial charge in [0.25, 0.3) is 0 Å². The molecule has 0 fully saturated rings. The van der Waals surface area contributed by atoms with Crippen molar-refractivity contribution in [3.63, 3.8) is 0 Å². The summed E-state index contributed by atoms with van der Waals surface area (Å²) in [7, 11) is 4.28. The zero-order chi connectivity index (χ0) is 4.28. The van der Waals surface area contributed by atoms with Crippen molar-refractivity contribution in [3.05, 3.63) is 0 Å². The Balaban J connectivity index is 0. The molecule has 0 aromatic rings. The first kappa shape index (κ1) is 10.7. The molecule has 0 bridgehead atoms. The molecular weight excluding hydrogens is 148 g/mol. The first-order chi connectivity index (χ1) is 2.27. The van der Waals surface area contributed by atoms with Crippen molar-refractivity contribution < 1.29 is 63.1 Å². The van der Waals surface area contributed by atoms with E-state index in [0.29, 0.717) is 0 Å². The van der Waals surface area contributed by atoms with Crippen LogP contribution in [0.2, 0.25) is 0 Å². The second-order valence-corrected chi connectivity index (χ2v) is 1.56. The van der Waals surface area contributed by atoms with Crippen LogP contribution in [0.4, 0.5) is 0 Å². The molecule has 0 saturated heterocycles. The normalized spacial score (nSPS) is 8.00. The van der Waals surface area contributed by atoms with E-state index in [2.05, 4.69) is 21.0 Å². The summed E-state index contributed by atoms with van der Waals surface area (Å²) in [6, 6.07) is 0. The molecule has 0 heterocycles. The van der Waals surface area contributed by atoms with Crippen LogP contribution in [-0.4, -0.2) is 20.6 Å². The van der Waals surface area contributed by atoms with Gasteiger partial charge in [-0.05, 0) is 6.92 Å². The quantitative estimate of drug-likeness (QED) is 0.400. The molecule has 0 atom stereocenters. The van der Waals surface area contributed by atoms with Crippen LogP contribution < -0.4 is 63.1 Å². The van der Waals surface area contributed by atoms with Crippen LogP contribution in [0.3, 0.4) is 0 Å². The Kier molecular flexibility index (Phi) is 12.1. The molecule has 0 radical (unpaired) electrons. The standard InChI is InChI=1S/C4H11N.Rb/c1-4-5(2)3;/h4H2,1-3H3;/q;+1/p+1. The van der Waals surface area contributed by atoms with Crippen LogP contribution in [0, 0.1) is 0 Å². The summed E-state index contributed by atoms with van der Waals surface area (Å²) < 4.78 is 0. The fourth-order valence-electron chi connectivity index (χ4n) is 0. The van der Waals surface area contributed by atoms with Crippen molar-refractivity contribution in [2.75, 3.05) is 20.6 Å². The third-order valence-corrected chi connectivity index (χ3v) is 0.707. The van der Waals surface area contributed by atoms with E-state index in [1.165, 1.54) is 11.4 Å². The minimum atomic E-state index is 0. The second-order valence-electron chi connectivity index (χ2n) is 1.56. The van der Waals surface area contributed by atoms with Gasteiger partial charge in [-0.2, -0.15) is 0 Å². The van der Waals surface area contributed by atoms with Crippen molar-refractivity contribution in [2.24, 2.45) is 0 Å².